The monoisotopic (exact) mass is 249 g/mol. The average Bonchev–Trinajstić information content (AvgIpc) is 2.27. The van der Waals surface area contributed by atoms with Crippen molar-refractivity contribution in [2.45, 2.75) is 38.8 Å². The summed E-state index contributed by atoms with van der Waals surface area (Å²) in [7, 11) is 3.26. The van der Waals surface area contributed by atoms with Gasteiger partial charge in [0.2, 0.25) is 0 Å². The molecule has 17 heavy (non-hydrogen) atoms. The van der Waals surface area contributed by atoms with E-state index >= 15 is 0 Å². The second-order valence-corrected chi connectivity index (χ2v) is 4.82. The molecule has 0 saturated heterocycles. The maximum atomic E-state index is 12.1. The Kier molecular flexibility index (Phi) is 4.68. The highest BCUT2D eigenvalue weighted by Crippen LogP contribution is 2.42. The molecule has 0 aromatic heterocycles. The minimum absolute atomic E-state index is 0.0167. The minimum atomic E-state index is -2.38. The molecule has 2 N–H and O–H groups in total. The zero-order chi connectivity index (χ0) is 13.1. The molecule has 4 nitrogen and oxygen atoms in total. The van der Waals surface area contributed by atoms with Crippen LogP contribution in [0.25, 0.3) is 0 Å². The molecule has 100 valence electrons. The van der Waals surface area contributed by atoms with Gasteiger partial charge in [0.25, 0.3) is 6.43 Å². The Morgan fingerprint density at radius 1 is 1.53 bits per heavy atom. The van der Waals surface area contributed by atoms with Crippen LogP contribution in [0.4, 0.5) is 8.78 Å². The van der Waals surface area contributed by atoms with Gasteiger partial charge < -0.3 is 15.4 Å². The number of ether oxygens (including phenoxy) is 1. The van der Waals surface area contributed by atoms with E-state index in [1.807, 2.05) is 0 Å². The first kappa shape index (κ1) is 14.2. The maximum absolute atomic E-state index is 12.1. The number of aliphatic imine (C=N–C) groups is 1. The maximum Gasteiger partial charge on any atom is 0.255 e. The lowest BCUT2D eigenvalue weighted by atomic mass is 9.64. The van der Waals surface area contributed by atoms with Crippen molar-refractivity contribution in [3.05, 3.63) is 0 Å². The van der Waals surface area contributed by atoms with E-state index in [1.165, 1.54) is 0 Å². The molecule has 1 saturated carbocycles. The SMILES string of the molecule is CN=C(NCC(F)F)NC1CC(OC)C1(C)C. The summed E-state index contributed by atoms with van der Waals surface area (Å²) in [6.07, 6.45) is -1.32. The van der Waals surface area contributed by atoms with Crippen molar-refractivity contribution < 1.29 is 13.5 Å². The molecule has 0 amide bonds. The molecule has 0 aromatic rings. The zero-order valence-electron chi connectivity index (χ0n) is 10.8. The third-order valence-electron chi connectivity index (χ3n) is 3.42. The third-order valence-corrected chi connectivity index (χ3v) is 3.42. The summed E-state index contributed by atoms with van der Waals surface area (Å²) in [5.74, 6) is 0.415. The summed E-state index contributed by atoms with van der Waals surface area (Å²) in [6.45, 7) is 3.78. The Hall–Kier alpha value is -0.910. The molecule has 1 aliphatic carbocycles. The standard InChI is InChI=1S/C11H21F2N3O/c1-11(2)7(5-8(11)17-4)16-10(14-3)15-6-9(12)13/h7-9H,5-6H2,1-4H3,(H2,14,15,16). The van der Waals surface area contributed by atoms with Crippen LogP contribution in [0.2, 0.25) is 0 Å². The molecule has 0 aromatic carbocycles. The molecule has 0 radical (unpaired) electrons. The van der Waals surface area contributed by atoms with Gasteiger partial charge >= 0.3 is 0 Å². The highest BCUT2D eigenvalue weighted by atomic mass is 19.3. The largest absolute Gasteiger partial charge is 0.381 e. The van der Waals surface area contributed by atoms with E-state index in [0.29, 0.717) is 5.96 Å². The number of hydrogen-bond acceptors (Lipinski definition) is 2. The quantitative estimate of drug-likeness (QED) is 0.582. The molecule has 0 aliphatic heterocycles. The summed E-state index contributed by atoms with van der Waals surface area (Å²) < 4.78 is 29.5. The number of nitrogens with one attached hydrogen (secondary N) is 2. The van der Waals surface area contributed by atoms with Crippen molar-refractivity contribution in [1.29, 1.82) is 0 Å². The van der Waals surface area contributed by atoms with E-state index in [9.17, 15) is 8.78 Å². The van der Waals surface area contributed by atoms with E-state index in [1.54, 1.807) is 14.2 Å². The van der Waals surface area contributed by atoms with Gasteiger partial charge in [0.1, 0.15) is 0 Å². The molecule has 2 atom stereocenters. The molecule has 1 aliphatic rings. The van der Waals surface area contributed by atoms with E-state index in [4.69, 9.17) is 4.74 Å². The summed E-state index contributed by atoms with van der Waals surface area (Å²) in [4.78, 5) is 3.92. The fourth-order valence-corrected chi connectivity index (χ4v) is 2.06. The van der Waals surface area contributed by atoms with E-state index in [2.05, 4.69) is 29.5 Å². The van der Waals surface area contributed by atoms with Crippen LogP contribution >= 0.6 is 0 Å². The van der Waals surface area contributed by atoms with Gasteiger partial charge in [-0.05, 0) is 6.42 Å². The molecule has 1 rings (SSSR count). The van der Waals surface area contributed by atoms with Gasteiger partial charge in [-0.25, -0.2) is 8.78 Å². The smallest absolute Gasteiger partial charge is 0.255 e. The number of methoxy groups -OCH3 is 1. The molecule has 2 unspecified atom stereocenters. The van der Waals surface area contributed by atoms with Crippen molar-refractivity contribution in [2.24, 2.45) is 10.4 Å². The normalized spacial score (nSPS) is 27.8. The van der Waals surface area contributed by atoms with Crippen LogP contribution in [0, 0.1) is 5.41 Å². The first-order chi connectivity index (χ1) is 7.91. The number of guanidine groups is 1. The summed E-state index contributed by atoms with van der Waals surface area (Å²) in [5, 5.41) is 5.73. The van der Waals surface area contributed by atoms with Gasteiger partial charge in [-0.3, -0.25) is 4.99 Å². The first-order valence-electron chi connectivity index (χ1n) is 5.70. The molecule has 0 heterocycles. The highest BCUT2D eigenvalue weighted by molar-refractivity contribution is 5.80. The van der Waals surface area contributed by atoms with E-state index in [-0.39, 0.29) is 24.1 Å². The number of hydrogen-bond donors (Lipinski definition) is 2. The van der Waals surface area contributed by atoms with Crippen LogP contribution in [0.1, 0.15) is 20.3 Å². The topological polar surface area (TPSA) is 45.7 Å². The van der Waals surface area contributed by atoms with Crippen LogP contribution in [0.5, 0.6) is 0 Å². The summed E-state index contributed by atoms with van der Waals surface area (Å²) >= 11 is 0. The second-order valence-electron chi connectivity index (χ2n) is 4.82. The van der Waals surface area contributed by atoms with Crippen molar-refractivity contribution in [3.63, 3.8) is 0 Å². The first-order valence-corrected chi connectivity index (χ1v) is 5.70. The van der Waals surface area contributed by atoms with Crippen LogP contribution < -0.4 is 10.6 Å². The van der Waals surface area contributed by atoms with Crippen molar-refractivity contribution in [3.8, 4) is 0 Å². The van der Waals surface area contributed by atoms with Gasteiger partial charge in [0.15, 0.2) is 5.96 Å². The van der Waals surface area contributed by atoms with Crippen molar-refractivity contribution in [2.75, 3.05) is 20.7 Å². The number of nitrogens with zero attached hydrogens (tertiary/aromatic N) is 1. The molecule has 6 heteroatoms. The van der Waals surface area contributed by atoms with E-state index < -0.39 is 6.43 Å². The van der Waals surface area contributed by atoms with Gasteiger partial charge in [0.05, 0.1) is 12.6 Å². The average molecular weight is 249 g/mol. The molecule has 0 spiro atoms. The number of rotatable bonds is 4. The zero-order valence-corrected chi connectivity index (χ0v) is 10.8. The van der Waals surface area contributed by atoms with Gasteiger partial charge in [-0.15, -0.1) is 0 Å². The summed E-state index contributed by atoms with van der Waals surface area (Å²) in [5.41, 5.74) is -0.0167. The van der Waals surface area contributed by atoms with Gasteiger partial charge in [-0.2, -0.15) is 0 Å². The van der Waals surface area contributed by atoms with Crippen molar-refractivity contribution >= 4 is 5.96 Å². The Morgan fingerprint density at radius 2 is 2.18 bits per heavy atom. The van der Waals surface area contributed by atoms with Gasteiger partial charge in [0, 0.05) is 25.6 Å². The summed E-state index contributed by atoms with van der Waals surface area (Å²) in [6, 6.07) is 0.191. The highest BCUT2D eigenvalue weighted by Gasteiger charge is 2.48. The van der Waals surface area contributed by atoms with Crippen LogP contribution in [-0.4, -0.2) is 45.2 Å². The molecule has 1 fully saturated rings. The number of halogens is 2. The molecule has 0 bridgehead atoms. The Labute approximate surface area is 101 Å². The van der Waals surface area contributed by atoms with Gasteiger partial charge in [-0.1, -0.05) is 13.8 Å². The Bertz CT molecular complexity index is 282. The molecular formula is C11H21F2N3O. The fraction of sp³-hybridized carbons (Fsp3) is 0.909. The van der Waals surface area contributed by atoms with Crippen molar-refractivity contribution in [1.82, 2.24) is 10.6 Å². The lowest BCUT2D eigenvalue weighted by Gasteiger charge is -2.51. The third kappa shape index (κ3) is 3.28. The Morgan fingerprint density at radius 3 is 2.59 bits per heavy atom. The van der Waals surface area contributed by atoms with Crippen LogP contribution in [0.15, 0.2) is 4.99 Å². The fourth-order valence-electron chi connectivity index (χ4n) is 2.06. The second kappa shape index (κ2) is 5.62. The Balaban J connectivity index is 2.43. The lowest BCUT2D eigenvalue weighted by molar-refractivity contribution is -0.0923. The predicted octanol–water partition coefficient (Wildman–Crippen LogP) is 1.23. The van der Waals surface area contributed by atoms with Crippen LogP contribution in [0.3, 0.4) is 0 Å². The number of alkyl halides is 2. The lowest BCUT2D eigenvalue weighted by Crippen LogP contribution is -2.63. The van der Waals surface area contributed by atoms with E-state index in [0.717, 1.165) is 6.42 Å². The predicted molar refractivity (Wildman–Crippen MR) is 63.5 cm³/mol. The molecular weight excluding hydrogens is 228 g/mol. The minimum Gasteiger partial charge on any atom is -0.381 e. The van der Waals surface area contributed by atoms with Crippen LogP contribution in [-0.2, 0) is 4.74 Å².